The van der Waals surface area contributed by atoms with E-state index < -0.39 is 15.9 Å². The first-order valence-electron chi connectivity index (χ1n) is 8.74. The molecule has 140 valence electrons. The predicted octanol–water partition coefficient (Wildman–Crippen LogP) is 3.25. The van der Waals surface area contributed by atoms with Gasteiger partial charge in [-0.05, 0) is 76.8 Å². The van der Waals surface area contributed by atoms with Gasteiger partial charge in [0.05, 0.1) is 10.4 Å². The fraction of sp³-hybridized carbons (Fsp3) is 0.474. The first-order valence-corrected chi connectivity index (χ1v) is 10.2. The lowest BCUT2D eigenvalue weighted by Crippen LogP contribution is -2.31. The second-order valence-electron chi connectivity index (χ2n) is 7.99. The van der Waals surface area contributed by atoms with Crippen molar-refractivity contribution < 1.29 is 13.2 Å². The van der Waals surface area contributed by atoms with Crippen LogP contribution in [0.1, 0.15) is 66.8 Å². The molecule has 3 rings (SSSR count). The topological polar surface area (TPSA) is 81.1 Å². The normalized spacial score (nSPS) is 15.1. The Bertz CT molecular complexity index is 964. The van der Waals surface area contributed by atoms with Gasteiger partial charge in [0.15, 0.2) is 5.69 Å². The van der Waals surface area contributed by atoms with Crippen LogP contribution in [0.4, 0.5) is 0 Å². The van der Waals surface area contributed by atoms with Crippen molar-refractivity contribution >= 4 is 15.9 Å². The lowest BCUT2D eigenvalue weighted by Gasteiger charge is -2.22. The lowest BCUT2D eigenvalue weighted by atomic mass is 10.1. The van der Waals surface area contributed by atoms with Gasteiger partial charge in [0.1, 0.15) is 0 Å². The highest BCUT2D eigenvalue weighted by Gasteiger charge is 2.33. The van der Waals surface area contributed by atoms with Gasteiger partial charge in [-0.1, -0.05) is 6.07 Å². The van der Waals surface area contributed by atoms with Gasteiger partial charge in [-0.2, -0.15) is 5.10 Å². The molecule has 0 saturated heterocycles. The van der Waals surface area contributed by atoms with Crippen molar-refractivity contribution in [1.29, 1.82) is 0 Å². The average molecular weight is 375 g/mol. The van der Waals surface area contributed by atoms with E-state index in [9.17, 15) is 13.2 Å². The summed E-state index contributed by atoms with van der Waals surface area (Å²) in [5, 5.41) is 4.39. The Labute approximate surface area is 154 Å². The molecule has 1 aromatic heterocycles. The molecule has 26 heavy (non-hydrogen) atoms. The van der Waals surface area contributed by atoms with Gasteiger partial charge in [0.2, 0.25) is 0 Å². The molecule has 2 aromatic rings. The summed E-state index contributed by atoms with van der Waals surface area (Å²) < 4.78 is 29.1. The molecular formula is C19H25N3O3S. The first-order chi connectivity index (χ1) is 12.0. The smallest absolute Gasteiger partial charge is 0.266 e. The molecule has 0 unspecified atom stereocenters. The number of carbonyl (C=O) groups is 1. The molecule has 0 bridgehead atoms. The number of aryl methyl sites for hydroxylation is 2. The molecule has 1 saturated carbocycles. The summed E-state index contributed by atoms with van der Waals surface area (Å²) in [6.07, 6.45) is 2.15. The van der Waals surface area contributed by atoms with E-state index in [1.54, 1.807) is 18.2 Å². The number of benzene rings is 1. The maximum atomic E-state index is 12.6. The van der Waals surface area contributed by atoms with Gasteiger partial charge in [-0.3, -0.25) is 9.48 Å². The third-order valence-electron chi connectivity index (χ3n) is 4.62. The number of rotatable bonds is 4. The van der Waals surface area contributed by atoms with Gasteiger partial charge in [0, 0.05) is 11.6 Å². The summed E-state index contributed by atoms with van der Waals surface area (Å²) in [6, 6.07) is 6.51. The molecule has 1 aliphatic rings. The second-order valence-corrected chi connectivity index (χ2v) is 9.67. The van der Waals surface area contributed by atoms with E-state index in [0.717, 1.165) is 29.7 Å². The van der Waals surface area contributed by atoms with E-state index in [0.29, 0.717) is 5.92 Å². The monoisotopic (exact) mass is 375 g/mol. The SMILES string of the molecule is Cc1ccc(S(=O)(=O)NC(=O)c2cc(C3CC3)n(C(C)(C)C)n2)cc1C. The Hall–Kier alpha value is -2.15. The summed E-state index contributed by atoms with van der Waals surface area (Å²) in [5.74, 6) is -0.298. The van der Waals surface area contributed by atoms with Gasteiger partial charge in [0.25, 0.3) is 15.9 Å². The van der Waals surface area contributed by atoms with Gasteiger partial charge < -0.3 is 0 Å². The van der Waals surface area contributed by atoms with E-state index in [2.05, 4.69) is 9.82 Å². The Morgan fingerprint density at radius 1 is 1.15 bits per heavy atom. The van der Waals surface area contributed by atoms with Crippen molar-refractivity contribution in [3.05, 3.63) is 46.8 Å². The zero-order valence-electron chi connectivity index (χ0n) is 15.8. The van der Waals surface area contributed by atoms with Crippen LogP contribution in [0.15, 0.2) is 29.2 Å². The fourth-order valence-electron chi connectivity index (χ4n) is 2.83. The third kappa shape index (κ3) is 3.67. The number of aromatic nitrogens is 2. The minimum Gasteiger partial charge on any atom is -0.266 e. The van der Waals surface area contributed by atoms with Crippen LogP contribution in [0.25, 0.3) is 0 Å². The first kappa shape index (κ1) is 18.6. The molecule has 1 amide bonds. The molecule has 0 aliphatic heterocycles. The van der Waals surface area contributed by atoms with Crippen molar-refractivity contribution in [1.82, 2.24) is 14.5 Å². The Morgan fingerprint density at radius 3 is 2.35 bits per heavy atom. The molecule has 0 atom stereocenters. The molecular weight excluding hydrogens is 350 g/mol. The number of hydrogen-bond donors (Lipinski definition) is 1. The van der Waals surface area contributed by atoms with Crippen LogP contribution in [0.5, 0.6) is 0 Å². The Kier molecular flexibility index (Phi) is 4.46. The zero-order valence-corrected chi connectivity index (χ0v) is 16.6. The summed E-state index contributed by atoms with van der Waals surface area (Å²) in [6.45, 7) is 9.78. The van der Waals surface area contributed by atoms with E-state index >= 15 is 0 Å². The quantitative estimate of drug-likeness (QED) is 0.889. The van der Waals surface area contributed by atoms with Crippen molar-refractivity contribution in [2.24, 2.45) is 0 Å². The minimum absolute atomic E-state index is 0.0756. The van der Waals surface area contributed by atoms with Gasteiger partial charge >= 0.3 is 0 Å². The predicted molar refractivity (Wildman–Crippen MR) is 99.8 cm³/mol. The highest BCUT2D eigenvalue weighted by Crippen LogP contribution is 2.41. The van der Waals surface area contributed by atoms with Crippen LogP contribution < -0.4 is 4.72 Å². The summed E-state index contributed by atoms with van der Waals surface area (Å²) >= 11 is 0. The molecule has 7 heteroatoms. The lowest BCUT2D eigenvalue weighted by molar-refractivity contribution is 0.0975. The highest BCUT2D eigenvalue weighted by atomic mass is 32.2. The average Bonchev–Trinajstić information content (AvgIpc) is 3.26. The van der Waals surface area contributed by atoms with Crippen molar-refractivity contribution in [3.63, 3.8) is 0 Å². The minimum atomic E-state index is -3.94. The molecule has 6 nitrogen and oxygen atoms in total. The van der Waals surface area contributed by atoms with E-state index in [1.165, 1.54) is 6.07 Å². The van der Waals surface area contributed by atoms with Crippen molar-refractivity contribution in [3.8, 4) is 0 Å². The maximum Gasteiger partial charge on any atom is 0.285 e. The summed E-state index contributed by atoms with van der Waals surface area (Å²) in [7, 11) is -3.94. The largest absolute Gasteiger partial charge is 0.285 e. The molecule has 1 heterocycles. The van der Waals surface area contributed by atoms with Crippen LogP contribution in [0.3, 0.4) is 0 Å². The summed E-state index contributed by atoms with van der Waals surface area (Å²) in [4.78, 5) is 12.6. The molecule has 0 radical (unpaired) electrons. The standard InChI is InChI=1S/C19H25N3O3S/c1-12-6-9-15(10-13(12)2)26(24,25)21-18(23)16-11-17(14-7-8-14)22(20-16)19(3,4)5/h6,9-11,14H,7-8H2,1-5H3,(H,21,23). The third-order valence-corrected chi connectivity index (χ3v) is 5.94. The molecule has 1 aliphatic carbocycles. The fourth-order valence-corrected chi connectivity index (χ4v) is 3.87. The number of amides is 1. The van der Waals surface area contributed by atoms with Crippen LogP contribution in [-0.2, 0) is 15.6 Å². The van der Waals surface area contributed by atoms with E-state index in [-0.39, 0.29) is 16.1 Å². The van der Waals surface area contributed by atoms with Gasteiger partial charge in [-0.15, -0.1) is 0 Å². The van der Waals surface area contributed by atoms with Crippen LogP contribution in [-0.4, -0.2) is 24.1 Å². The van der Waals surface area contributed by atoms with Crippen molar-refractivity contribution in [2.45, 2.75) is 63.8 Å². The van der Waals surface area contributed by atoms with Crippen LogP contribution in [0, 0.1) is 13.8 Å². The number of nitrogens with zero attached hydrogens (tertiary/aromatic N) is 2. The highest BCUT2D eigenvalue weighted by molar-refractivity contribution is 7.90. The van der Waals surface area contributed by atoms with Gasteiger partial charge in [-0.25, -0.2) is 13.1 Å². The van der Waals surface area contributed by atoms with Crippen LogP contribution in [0.2, 0.25) is 0 Å². The number of hydrogen-bond acceptors (Lipinski definition) is 4. The second kappa shape index (κ2) is 6.23. The Balaban J connectivity index is 1.89. The number of sulfonamides is 1. The number of carbonyl (C=O) groups excluding carboxylic acids is 1. The molecule has 1 aromatic carbocycles. The van der Waals surface area contributed by atoms with Crippen molar-refractivity contribution in [2.75, 3.05) is 0 Å². The summed E-state index contributed by atoms with van der Waals surface area (Å²) in [5.41, 5.74) is 2.70. The van der Waals surface area contributed by atoms with E-state index in [1.807, 2.05) is 39.3 Å². The van der Waals surface area contributed by atoms with Crippen LogP contribution >= 0.6 is 0 Å². The number of nitrogens with one attached hydrogen (secondary N) is 1. The molecule has 0 spiro atoms. The molecule has 1 N–H and O–H groups in total. The van der Waals surface area contributed by atoms with E-state index in [4.69, 9.17) is 0 Å². The zero-order chi connectivity index (χ0) is 19.3. The maximum absolute atomic E-state index is 12.6. The molecule has 1 fully saturated rings. The Morgan fingerprint density at radius 2 is 1.81 bits per heavy atom.